The van der Waals surface area contributed by atoms with Gasteiger partial charge in [0.25, 0.3) is 0 Å². The first kappa shape index (κ1) is 29.6. The molecule has 12 heteroatoms. The first-order chi connectivity index (χ1) is 19.0. The molecule has 0 aliphatic carbocycles. The average molecular weight is 578 g/mol. The van der Waals surface area contributed by atoms with Gasteiger partial charge in [0.05, 0.1) is 27.5 Å². The highest BCUT2D eigenvalue weighted by Gasteiger charge is 2.34. The normalized spacial score (nSPS) is 14.0. The van der Waals surface area contributed by atoms with Crippen LogP contribution in [0.1, 0.15) is 64.3 Å². The lowest BCUT2D eigenvalue weighted by Gasteiger charge is -2.33. The number of nitrogens with zero attached hydrogens (tertiary/aromatic N) is 4. The summed E-state index contributed by atoms with van der Waals surface area (Å²) in [5.41, 5.74) is 3.79. The number of nitrogens with one attached hydrogen (secondary N) is 1. The summed E-state index contributed by atoms with van der Waals surface area (Å²) in [4.78, 5) is 17.5. The molecular formula is C28H31F4N5O2S. The van der Waals surface area contributed by atoms with Crippen LogP contribution in [0.5, 0.6) is 5.75 Å². The van der Waals surface area contributed by atoms with Crippen LogP contribution in [0.3, 0.4) is 0 Å². The molecule has 7 nitrogen and oxygen atoms in total. The molecule has 2 aromatic carbocycles. The van der Waals surface area contributed by atoms with Crippen LogP contribution in [-0.4, -0.2) is 32.4 Å². The Bertz CT molecular complexity index is 1460. The van der Waals surface area contributed by atoms with Crippen molar-refractivity contribution in [2.45, 2.75) is 65.1 Å². The van der Waals surface area contributed by atoms with Crippen LogP contribution in [0.15, 0.2) is 36.0 Å². The van der Waals surface area contributed by atoms with E-state index in [0.29, 0.717) is 25.1 Å². The number of hydrogen-bond acceptors (Lipinski definition) is 7. The van der Waals surface area contributed by atoms with Crippen LogP contribution in [0, 0.1) is 29.2 Å². The maximum atomic E-state index is 14.0. The van der Waals surface area contributed by atoms with Gasteiger partial charge in [0.2, 0.25) is 11.6 Å². The molecule has 2 atom stereocenters. The quantitative estimate of drug-likeness (QED) is 0.145. The molecule has 0 unspecified atom stereocenters. The fourth-order valence-electron chi connectivity index (χ4n) is 4.31. The molecule has 40 heavy (non-hydrogen) atoms. The molecule has 0 radical (unpaired) electrons. The Morgan fingerprint density at radius 1 is 1.15 bits per heavy atom. The van der Waals surface area contributed by atoms with Crippen molar-refractivity contribution < 1.29 is 27.1 Å². The molecule has 0 saturated heterocycles. The molecule has 4 rings (SSSR count). The number of ether oxygens (including phenoxy) is 1. The van der Waals surface area contributed by atoms with E-state index in [-0.39, 0.29) is 12.0 Å². The Kier molecular flexibility index (Phi) is 9.19. The van der Waals surface area contributed by atoms with Crippen molar-refractivity contribution in [3.8, 4) is 5.75 Å². The molecule has 0 fully saturated rings. The molecule has 0 aliphatic rings. The number of halogens is 4. The summed E-state index contributed by atoms with van der Waals surface area (Å²) in [5.74, 6) is -8.38. The Hall–Kier alpha value is -3.38. The maximum Gasteiger partial charge on any atom is 0.203 e. The first-order valence-corrected chi connectivity index (χ1v) is 13.9. The Balaban J connectivity index is 1.53. The van der Waals surface area contributed by atoms with Crippen LogP contribution >= 0.6 is 11.3 Å². The first-order valence-electron chi connectivity index (χ1n) is 13.0. The van der Waals surface area contributed by atoms with Gasteiger partial charge in [-0.2, -0.15) is 8.78 Å². The zero-order valence-corrected chi connectivity index (χ0v) is 23.5. The van der Waals surface area contributed by atoms with Gasteiger partial charge in [-0.05, 0) is 37.0 Å². The smallest absolute Gasteiger partial charge is 0.203 e. The number of hydrogen-bond donors (Lipinski definition) is 1. The molecule has 0 aliphatic heterocycles. The van der Waals surface area contributed by atoms with Crippen molar-refractivity contribution >= 4 is 27.3 Å². The Labute approximate surface area is 233 Å². The number of benzene rings is 2. The molecule has 0 bridgehead atoms. The largest absolute Gasteiger partial charge is 0.479 e. The summed E-state index contributed by atoms with van der Waals surface area (Å²) in [6.45, 7) is 7.79. The van der Waals surface area contributed by atoms with Crippen molar-refractivity contribution in [1.29, 1.82) is 0 Å². The number of rotatable bonds is 13. The van der Waals surface area contributed by atoms with Gasteiger partial charge in [-0.3, -0.25) is 4.79 Å². The number of thiazole rings is 1. The minimum Gasteiger partial charge on any atom is -0.479 e. The van der Waals surface area contributed by atoms with Crippen molar-refractivity contribution in [1.82, 2.24) is 25.3 Å². The number of ketones is 1. The van der Waals surface area contributed by atoms with Crippen LogP contribution in [0.25, 0.3) is 10.2 Å². The minimum atomic E-state index is -1.70. The van der Waals surface area contributed by atoms with E-state index in [1.807, 2.05) is 51.4 Å². The second kappa shape index (κ2) is 12.4. The summed E-state index contributed by atoms with van der Waals surface area (Å²) in [5, 5.41) is 12.2. The van der Waals surface area contributed by atoms with Gasteiger partial charge in [-0.15, -0.1) is 16.4 Å². The Morgan fingerprint density at radius 3 is 2.55 bits per heavy atom. The monoisotopic (exact) mass is 577 g/mol. The van der Waals surface area contributed by atoms with Gasteiger partial charge in [-0.25, -0.2) is 18.4 Å². The predicted octanol–water partition coefficient (Wildman–Crippen LogP) is 6.48. The van der Waals surface area contributed by atoms with Gasteiger partial charge < -0.3 is 10.1 Å². The SMILES string of the molecule is CCCC[C@@H](C(=O)COc1c(F)c(F)cc(F)c1F)n1cc([C@@](C)(NCc2ccc3scnc3c2)C(C)C)nn1. The minimum absolute atomic E-state index is 0.0808. The molecule has 214 valence electrons. The zero-order chi connectivity index (χ0) is 29.0. The summed E-state index contributed by atoms with van der Waals surface area (Å²) in [6.07, 6.45) is 3.47. The third-order valence-electron chi connectivity index (χ3n) is 7.20. The Morgan fingerprint density at radius 2 is 1.88 bits per heavy atom. The number of carbonyl (C=O) groups excluding carboxylic acids is 1. The third kappa shape index (κ3) is 6.17. The standard InChI is InChI=1S/C28H31F4N5O2S/c1-5-6-7-21(22(38)14-39-27-25(31)18(29)11-19(30)26(27)32)37-13-24(35-36-37)28(4,16(2)3)34-12-17-8-9-23-20(10-17)33-15-40-23/h8-11,13,15-16,21,34H,5-7,12,14H2,1-4H3/t21-,28-/m0/s1. The number of Topliss-reactive ketones (excluding diaryl/α,β-unsaturated/α-hetero) is 1. The van der Waals surface area contributed by atoms with Gasteiger partial charge in [-0.1, -0.05) is 44.9 Å². The van der Waals surface area contributed by atoms with Gasteiger partial charge in [0, 0.05) is 12.6 Å². The van der Waals surface area contributed by atoms with Crippen molar-refractivity contribution in [2.75, 3.05) is 6.61 Å². The summed E-state index contributed by atoms with van der Waals surface area (Å²) in [7, 11) is 0. The zero-order valence-electron chi connectivity index (χ0n) is 22.7. The summed E-state index contributed by atoms with van der Waals surface area (Å²) in [6, 6.07) is 5.34. The second-order valence-electron chi connectivity index (χ2n) is 10.2. The van der Waals surface area contributed by atoms with Crippen LogP contribution in [-0.2, 0) is 16.9 Å². The van der Waals surface area contributed by atoms with E-state index in [2.05, 4.69) is 20.6 Å². The fraction of sp³-hybridized carbons (Fsp3) is 0.429. The predicted molar refractivity (Wildman–Crippen MR) is 144 cm³/mol. The molecule has 0 amide bonds. The van der Waals surface area contributed by atoms with E-state index in [0.717, 1.165) is 22.2 Å². The number of aromatic nitrogens is 4. The molecule has 4 aromatic rings. The van der Waals surface area contributed by atoms with Gasteiger partial charge in [0.15, 0.2) is 23.2 Å². The highest BCUT2D eigenvalue weighted by Crippen LogP contribution is 2.31. The van der Waals surface area contributed by atoms with E-state index >= 15 is 0 Å². The van der Waals surface area contributed by atoms with E-state index in [1.165, 1.54) is 4.68 Å². The highest BCUT2D eigenvalue weighted by atomic mass is 32.1. The number of unbranched alkanes of at least 4 members (excludes halogenated alkanes) is 1. The number of fused-ring (bicyclic) bond motifs is 1. The second-order valence-corrected chi connectivity index (χ2v) is 11.0. The molecule has 2 aromatic heterocycles. The third-order valence-corrected chi connectivity index (χ3v) is 8.01. The van der Waals surface area contributed by atoms with E-state index < -0.39 is 53.0 Å². The van der Waals surface area contributed by atoms with Crippen LogP contribution in [0.2, 0.25) is 0 Å². The molecule has 0 saturated carbocycles. The summed E-state index contributed by atoms with van der Waals surface area (Å²) < 4.78 is 62.6. The molecule has 1 N–H and O–H groups in total. The fourth-order valence-corrected chi connectivity index (χ4v) is 4.97. The highest BCUT2D eigenvalue weighted by molar-refractivity contribution is 7.16. The van der Waals surface area contributed by atoms with Gasteiger partial charge in [0.1, 0.15) is 18.3 Å². The lowest BCUT2D eigenvalue weighted by Crippen LogP contribution is -2.44. The van der Waals surface area contributed by atoms with Crippen molar-refractivity contribution in [3.63, 3.8) is 0 Å². The van der Waals surface area contributed by atoms with E-state index in [9.17, 15) is 22.4 Å². The van der Waals surface area contributed by atoms with E-state index in [1.54, 1.807) is 17.5 Å². The average Bonchev–Trinajstić information content (AvgIpc) is 3.61. The van der Waals surface area contributed by atoms with E-state index in [4.69, 9.17) is 4.74 Å². The topological polar surface area (TPSA) is 81.9 Å². The molecule has 2 heterocycles. The van der Waals surface area contributed by atoms with Crippen molar-refractivity contribution in [2.24, 2.45) is 5.92 Å². The summed E-state index contributed by atoms with van der Waals surface area (Å²) >= 11 is 1.58. The number of carbonyl (C=O) groups is 1. The molecule has 0 spiro atoms. The van der Waals surface area contributed by atoms with Crippen LogP contribution in [0.4, 0.5) is 17.6 Å². The van der Waals surface area contributed by atoms with Crippen molar-refractivity contribution in [3.05, 3.63) is 70.5 Å². The lowest BCUT2D eigenvalue weighted by molar-refractivity contribution is -0.124. The van der Waals surface area contributed by atoms with Gasteiger partial charge >= 0.3 is 0 Å². The lowest BCUT2D eigenvalue weighted by atomic mass is 9.85. The maximum absolute atomic E-state index is 14.0. The molecular weight excluding hydrogens is 546 g/mol. The van der Waals surface area contributed by atoms with Crippen LogP contribution < -0.4 is 10.1 Å².